The molecule has 1 atom stereocenters. The zero-order valence-electron chi connectivity index (χ0n) is 11.6. The smallest absolute Gasteiger partial charge is 0.309 e. The van der Waals surface area contributed by atoms with Crippen molar-refractivity contribution in [1.29, 1.82) is 0 Å². The summed E-state index contributed by atoms with van der Waals surface area (Å²) in [4.78, 5) is 0. The van der Waals surface area contributed by atoms with Crippen molar-refractivity contribution < 1.29 is 17.6 Å². The third-order valence-corrected chi connectivity index (χ3v) is 3.35. The van der Waals surface area contributed by atoms with Crippen LogP contribution in [0.4, 0.5) is 17.6 Å². The van der Waals surface area contributed by atoms with Crippen LogP contribution in [-0.2, 0) is 6.18 Å². The van der Waals surface area contributed by atoms with E-state index in [0.717, 1.165) is 17.7 Å². The second kappa shape index (κ2) is 5.85. The van der Waals surface area contributed by atoms with E-state index in [2.05, 4.69) is 5.32 Å². The molecule has 0 aliphatic carbocycles. The van der Waals surface area contributed by atoms with Gasteiger partial charge in [-0.1, -0.05) is 24.3 Å². The normalized spacial score (nSPS) is 13.2. The molecule has 0 aromatic heterocycles. The first-order chi connectivity index (χ1) is 9.82. The monoisotopic (exact) mass is 297 g/mol. The Morgan fingerprint density at radius 1 is 1.00 bits per heavy atom. The second-order valence-corrected chi connectivity index (χ2v) is 4.85. The molecular formula is C16H15F4N. The van der Waals surface area contributed by atoms with Crippen molar-refractivity contribution in [1.82, 2.24) is 5.32 Å². The van der Waals surface area contributed by atoms with Crippen molar-refractivity contribution in [3.05, 3.63) is 70.5 Å². The molecule has 0 radical (unpaired) electrons. The maximum absolute atomic E-state index is 13.3. The molecule has 2 aromatic rings. The van der Waals surface area contributed by atoms with Crippen LogP contribution in [0.3, 0.4) is 0 Å². The number of halogens is 4. The Hall–Kier alpha value is -1.88. The van der Waals surface area contributed by atoms with Gasteiger partial charge in [-0.15, -0.1) is 0 Å². The minimum Gasteiger partial charge on any atom is -0.309 e. The number of hydrogen-bond acceptors (Lipinski definition) is 1. The highest BCUT2D eigenvalue weighted by molar-refractivity contribution is 5.37. The summed E-state index contributed by atoms with van der Waals surface area (Å²) in [6.45, 7) is 1.62. The molecule has 0 saturated heterocycles. The molecule has 1 nitrogen and oxygen atoms in total. The van der Waals surface area contributed by atoms with Crippen molar-refractivity contribution in [2.24, 2.45) is 0 Å². The fourth-order valence-electron chi connectivity index (χ4n) is 2.27. The number of hydrogen-bond donors (Lipinski definition) is 1. The average Bonchev–Trinajstić information content (AvgIpc) is 2.43. The topological polar surface area (TPSA) is 12.0 Å². The van der Waals surface area contributed by atoms with Gasteiger partial charge in [-0.25, -0.2) is 4.39 Å². The Kier molecular flexibility index (Phi) is 4.32. The Balaban J connectivity index is 2.44. The highest BCUT2D eigenvalue weighted by atomic mass is 19.4. The number of benzene rings is 2. The van der Waals surface area contributed by atoms with Crippen LogP contribution in [0, 0.1) is 12.7 Å². The lowest BCUT2D eigenvalue weighted by Gasteiger charge is -2.19. The van der Waals surface area contributed by atoms with Gasteiger partial charge in [0.25, 0.3) is 0 Å². The first kappa shape index (κ1) is 15.5. The molecular weight excluding hydrogens is 282 g/mol. The van der Waals surface area contributed by atoms with Gasteiger partial charge >= 0.3 is 6.18 Å². The summed E-state index contributed by atoms with van der Waals surface area (Å²) in [5.41, 5.74) is 0.966. The maximum Gasteiger partial charge on any atom is 0.416 e. The molecule has 5 heteroatoms. The van der Waals surface area contributed by atoms with Crippen LogP contribution in [0.15, 0.2) is 42.5 Å². The SMILES string of the molecule is CNC(c1cccc(C(F)(F)F)c1)c1ccc(F)c(C)c1. The molecule has 21 heavy (non-hydrogen) atoms. The minimum absolute atomic E-state index is 0.336. The predicted molar refractivity (Wildman–Crippen MR) is 73.5 cm³/mol. The maximum atomic E-state index is 13.3. The van der Waals surface area contributed by atoms with E-state index < -0.39 is 17.8 Å². The molecule has 2 rings (SSSR count). The quantitative estimate of drug-likeness (QED) is 0.825. The highest BCUT2D eigenvalue weighted by Gasteiger charge is 2.31. The van der Waals surface area contributed by atoms with E-state index in [0.29, 0.717) is 11.1 Å². The Morgan fingerprint density at radius 2 is 1.67 bits per heavy atom. The molecule has 0 spiro atoms. The second-order valence-electron chi connectivity index (χ2n) is 4.85. The van der Waals surface area contributed by atoms with Crippen LogP contribution in [0.1, 0.15) is 28.3 Å². The van der Waals surface area contributed by atoms with Crippen molar-refractivity contribution in [2.75, 3.05) is 7.05 Å². The van der Waals surface area contributed by atoms with Crippen LogP contribution in [0.25, 0.3) is 0 Å². The number of aryl methyl sites for hydroxylation is 1. The van der Waals surface area contributed by atoms with E-state index in [9.17, 15) is 17.6 Å². The van der Waals surface area contributed by atoms with Crippen LogP contribution in [0.2, 0.25) is 0 Å². The fourth-order valence-corrected chi connectivity index (χ4v) is 2.27. The summed E-state index contributed by atoms with van der Waals surface area (Å²) in [5.74, 6) is -0.336. The number of rotatable bonds is 3. The summed E-state index contributed by atoms with van der Waals surface area (Å²) in [6.07, 6.45) is -4.38. The van der Waals surface area contributed by atoms with Crippen molar-refractivity contribution in [3.63, 3.8) is 0 Å². The molecule has 2 aromatic carbocycles. The van der Waals surface area contributed by atoms with Gasteiger partial charge in [0.2, 0.25) is 0 Å². The third kappa shape index (κ3) is 3.42. The van der Waals surface area contributed by atoms with Crippen molar-refractivity contribution >= 4 is 0 Å². The third-order valence-electron chi connectivity index (χ3n) is 3.35. The number of alkyl halides is 3. The molecule has 0 aliphatic rings. The van der Waals surface area contributed by atoms with E-state index in [-0.39, 0.29) is 5.82 Å². The molecule has 0 heterocycles. The number of nitrogens with one attached hydrogen (secondary N) is 1. The van der Waals surface area contributed by atoms with Gasteiger partial charge in [0, 0.05) is 0 Å². The van der Waals surface area contributed by atoms with E-state index >= 15 is 0 Å². The van der Waals surface area contributed by atoms with Gasteiger partial charge in [-0.3, -0.25) is 0 Å². The fraction of sp³-hybridized carbons (Fsp3) is 0.250. The Morgan fingerprint density at radius 3 is 2.24 bits per heavy atom. The largest absolute Gasteiger partial charge is 0.416 e. The molecule has 0 amide bonds. The van der Waals surface area contributed by atoms with Crippen LogP contribution in [0.5, 0.6) is 0 Å². The minimum atomic E-state index is -4.38. The lowest BCUT2D eigenvalue weighted by atomic mass is 9.96. The first-order valence-corrected chi connectivity index (χ1v) is 6.43. The molecule has 1 unspecified atom stereocenters. The van der Waals surface area contributed by atoms with Gasteiger partial charge < -0.3 is 5.32 Å². The Labute approximate surface area is 120 Å². The standard InChI is InChI=1S/C16H15F4N/c1-10-8-12(6-7-14(10)17)15(21-2)11-4-3-5-13(9-11)16(18,19)20/h3-9,15,21H,1-2H3. The highest BCUT2D eigenvalue weighted by Crippen LogP contribution is 2.32. The lowest BCUT2D eigenvalue weighted by molar-refractivity contribution is -0.137. The van der Waals surface area contributed by atoms with Gasteiger partial charge in [0.15, 0.2) is 0 Å². The van der Waals surface area contributed by atoms with Crippen LogP contribution < -0.4 is 5.32 Å². The summed E-state index contributed by atoms with van der Waals surface area (Å²) in [5, 5.41) is 2.97. The van der Waals surface area contributed by atoms with Gasteiger partial charge in [0.05, 0.1) is 11.6 Å². The van der Waals surface area contributed by atoms with Crippen molar-refractivity contribution in [2.45, 2.75) is 19.1 Å². The van der Waals surface area contributed by atoms with Gasteiger partial charge in [-0.05, 0) is 48.9 Å². The van der Waals surface area contributed by atoms with E-state index in [4.69, 9.17) is 0 Å². The average molecular weight is 297 g/mol. The van der Waals surface area contributed by atoms with Crippen molar-refractivity contribution in [3.8, 4) is 0 Å². The molecule has 0 aliphatic heterocycles. The van der Waals surface area contributed by atoms with E-state index in [1.54, 1.807) is 32.2 Å². The van der Waals surface area contributed by atoms with Gasteiger partial charge in [0.1, 0.15) is 5.82 Å². The molecule has 0 fully saturated rings. The first-order valence-electron chi connectivity index (χ1n) is 6.43. The molecule has 1 N–H and O–H groups in total. The summed E-state index contributed by atoms with van der Waals surface area (Å²) in [7, 11) is 1.66. The molecule has 112 valence electrons. The van der Waals surface area contributed by atoms with Gasteiger partial charge in [-0.2, -0.15) is 13.2 Å². The zero-order valence-corrected chi connectivity index (χ0v) is 11.6. The zero-order chi connectivity index (χ0) is 15.6. The summed E-state index contributed by atoms with van der Waals surface area (Å²) < 4.78 is 51.7. The predicted octanol–water partition coefficient (Wildman–Crippen LogP) is 4.46. The molecule has 0 saturated carbocycles. The summed E-state index contributed by atoms with van der Waals surface area (Å²) in [6, 6.07) is 9.25. The Bertz CT molecular complexity index is 634. The van der Waals surface area contributed by atoms with E-state index in [1.807, 2.05) is 0 Å². The lowest BCUT2D eigenvalue weighted by Crippen LogP contribution is -2.18. The van der Waals surface area contributed by atoms with Crippen LogP contribution in [-0.4, -0.2) is 7.05 Å². The van der Waals surface area contributed by atoms with Crippen LogP contribution >= 0.6 is 0 Å². The molecule has 0 bridgehead atoms. The summed E-state index contributed by atoms with van der Waals surface area (Å²) >= 11 is 0. The van der Waals surface area contributed by atoms with E-state index in [1.165, 1.54) is 12.1 Å².